The summed E-state index contributed by atoms with van der Waals surface area (Å²) in [5, 5.41) is 8.47. The van der Waals surface area contributed by atoms with Crippen LogP contribution in [0.3, 0.4) is 0 Å². The summed E-state index contributed by atoms with van der Waals surface area (Å²) in [5.41, 5.74) is 1.95. The van der Waals surface area contributed by atoms with Crippen molar-refractivity contribution in [2.24, 2.45) is 0 Å². The van der Waals surface area contributed by atoms with Gasteiger partial charge in [-0.2, -0.15) is 0 Å². The van der Waals surface area contributed by atoms with E-state index < -0.39 is 5.97 Å². The van der Waals surface area contributed by atoms with Crippen molar-refractivity contribution in [3.63, 3.8) is 0 Å². The number of benzene rings is 1. The Morgan fingerprint density at radius 1 is 1.24 bits per heavy atom. The van der Waals surface area contributed by atoms with Crippen LogP contribution in [0.1, 0.15) is 5.56 Å². The Morgan fingerprint density at radius 2 is 1.82 bits per heavy atom. The molecule has 1 N–H and O–H groups in total. The quantitative estimate of drug-likeness (QED) is 0.869. The third-order valence-electron chi connectivity index (χ3n) is 2.25. The van der Waals surface area contributed by atoms with E-state index in [1.165, 1.54) is 4.90 Å². The van der Waals surface area contributed by atoms with Crippen LogP contribution in [0.4, 0.5) is 5.69 Å². The third kappa shape index (κ3) is 4.48. The zero-order chi connectivity index (χ0) is 12.8. The van der Waals surface area contributed by atoms with Crippen LogP contribution >= 0.6 is 11.8 Å². The molecule has 5 heteroatoms. The summed E-state index contributed by atoms with van der Waals surface area (Å²) in [6, 6.07) is 7.61. The van der Waals surface area contributed by atoms with Gasteiger partial charge in [-0.3, -0.25) is 9.59 Å². The Kier molecular flexibility index (Phi) is 5.03. The van der Waals surface area contributed by atoms with Gasteiger partial charge in [0.15, 0.2) is 0 Å². The van der Waals surface area contributed by atoms with Gasteiger partial charge in [0.25, 0.3) is 0 Å². The van der Waals surface area contributed by atoms with Crippen molar-refractivity contribution in [1.29, 1.82) is 0 Å². The van der Waals surface area contributed by atoms with Crippen molar-refractivity contribution in [1.82, 2.24) is 0 Å². The number of anilines is 1. The lowest BCUT2D eigenvalue weighted by molar-refractivity contribution is -0.133. The van der Waals surface area contributed by atoms with Crippen molar-refractivity contribution in [3.8, 4) is 0 Å². The van der Waals surface area contributed by atoms with Crippen molar-refractivity contribution in [2.75, 3.05) is 23.5 Å². The van der Waals surface area contributed by atoms with Gasteiger partial charge in [0.05, 0.1) is 11.5 Å². The Morgan fingerprint density at radius 3 is 2.35 bits per heavy atom. The lowest BCUT2D eigenvalue weighted by atomic mass is 10.2. The first kappa shape index (κ1) is 13.6. The summed E-state index contributed by atoms with van der Waals surface area (Å²) in [7, 11) is 1.69. The first-order valence-electron chi connectivity index (χ1n) is 5.13. The average Bonchev–Trinajstić information content (AvgIpc) is 2.28. The number of amides is 1. The van der Waals surface area contributed by atoms with E-state index in [2.05, 4.69) is 0 Å². The molecule has 0 saturated heterocycles. The summed E-state index contributed by atoms with van der Waals surface area (Å²) < 4.78 is 0. The van der Waals surface area contributed by atoms with E-state index in [1.807, 2.05) is 31.2 Å². The molecular formula is C12H15NO3S. The van der Waals surface area contributed by atoms with E-state index in [0.717, 1.165) is 23.0 Å². The topological polar surface area (TPSA) is 57.6 Å². The summed E-state index contributed by atoms with van der Waals surface area (Å²) in [6.07, 6.45) is 0. The molecule has 4 nitrogen and oxygen atoms in total. The highest BCUT2D eigenvalue weighted by Gasteiger charge is 2.11. The van der Waals surface area contributed by atoms with Gasteiger partial charge in [-0.05, 0) is 19.1 Å². The number of carboxylic acid groups (broad SMARTS) is 1. The number of aryl methyl sites for hydroxylation is 1. The van der Waals surface area contributed by atoms with E-state index >= 15 is 0 Å². The monoisotopic (exact) mass is 253 g/mol. The summed E-state index contributed by atoms with van der Waals surface area (Å²) in [4.78, 5) is 23.6. The molecule has 0 saturated carbocycles. The SMILES string of the molecule is Cc1ccc(N(C)C(=O)CSCC(=O)O)cc1. The lowest BCUT2D eigenvalue weighted by Crippen LogP contribution is -2.28. The molecule has 0 aliphatic heterocycles. The molecule has 17 heavy (non-hydrogen) atoms. The molecule has 1 rings (SSSR count). The molecule has 1 amide bonds. The van der Waals surface area contributed by atoms with Crippen LogP contribution in [0, 0.1) is 6.92 Å². The van der Waals surface area contributed by atoms with Gasteiger partial charge in [0.1, 0.15) is 0 Å². The zero-order valence-electron chi connectivity index (χ0n) is 9.84. The minimum absolute atomic E-state index is 0.0481. The number of aliphatic carboxylic acids is 1. The van der Waals surface area contributed by atoms with Crippen LogP contribution in [0.2, 0.25) is 0 Å². The van der Waals surface area contributed by atoms with Gasteiger partial charge in [0.2, 0.25) is 5.91 Å². The molecule has 0 fully saturated rings. The first-order chi connectivity index (χ1) is 8.00. The van der Waals surface area contributed by atoms with Gasteiger partial charge < -0.3 is 10.0 Å². The molecule has 0 aliphatic carbocycles. The Balaban J connectivity index is 2.51. The second-order valence-corrected chi connectivity index (χ2v) is 4.66. The van der Waals surface area contributed by atoms with Gasteiger partial charge in [-0.15, -0.1) is 11.8 Å². The summed E-state index contributed by atoms with van der Waals surface area (Å²) >= 11 is 1.10. The number of carbonyl (C=O) groups excluding carboxylic acids is 1. The van der Waals surface area contributed by atoms with Crippen LogP contribution in [0.25, 0.3) is 0 Å². The second-order valence-electron chi connectivity index (χ2n) is 3.67. The zero-order valence-corrected chi connectivity index (χ0v) is 10.7. The number of thioether (sulfide) groups is 1. The van der Waals surface area contributed by atoms with Gasteiger partial charge in [0, 0.05) is 12.7 Å². The lowest BCUT2D eigenvalue weighted by Gasteiger charge is -2.17. The Bertz CT molecular complexity index is 403. The maximum absolute atomic E-state index is 11.7. The Hall–Kier alpha value is -1.49. The number of hydrogen-bond acceptors (Lipinski definition) is 3. The summed E-state index contributed by atoms with van der Waals surface area (Å²) in [5.74, 6) is -0.870. The molecule has 0 heterocycles. The molecule has 0 bridgehead atoms. The maximum Gasteiger partial charge on any atom is 0.313 e. The largest absolute Gasteiger partial charge is 0.481 e. The molecule has 0 radical (unpaired) electrons. The fourth-order valence-electron chi connectivity index (χ4n) is 1.23. The van der Waals surface area contributed by atoms with E-state index in [9.17, 15) is 9.59 Å². The normalized spacial score (nSPS) is 10.0. The van der Waals surface area contributed by atoms with E-state index in [0.29, 0.717) is 0 Å². The summed E-state index contributed by atoms with van der Waals surface area (Å²) in [6.45, 7) is 1.98. The number of hydrogen-bond donors (Lipinski definition) is 1. The predicted molar refractivity (Wildman–Crippen MR) is 69.5 cm³/mol. The minimum Gasteiger partial charge on any atom is -0.481 e. The van der Waals surface area contributed by atoms with Crippen LogP contribution in [-0.2, 0) is 9.59 Å². The van der Waals surface area contributed by atoms with Crippen LogP contribution < -0.4 is 4.90 Å². The highest BCUT2D eigenvalue weighted by Crippen LogP contribution is 2.14. The van der Waals surface area contributed by atoms with E-state index in [-0.39, 0.29) is 17.4 Å². The molecular weight excluding hydrogens is 238 g/mol. The smallest absolute Gasteiger partial charge is 0.313 e. The first-order valence-corrected chi connectivity index (χ1v) is 6.29. The molecule has 0 aliphatic rings. The second kappa shape index (κ2) is 6.30. The molecule has 0 spiro atoms. The van der Waals surface area contributed by atoms with Crippen molar-refractivity contribution < 1.29 is 14.7 Å². The number of nitrogens with zero attached hydrogens (tertiary/aromatic N) is 1. The van der Waals surface area contributed by atoms with Crippen molar-refractivity contribution >= 4 is 29.3 Å². The maximum atomic E-state index is 11.7. The highest BCUT2D eigenvalue weighted by atomic mass is 32.2. The molecule has 0 unspecified atom stereocenters. The molecule has 92 valence electrons. The fraction of sp³-hybridized carbons (Fsp3) is 0.333. The van der Waals surface area contributed by atoms with Crippen LogP contribution in [-0.4, -0.2) is 35.5 Å². The van der Waals surface area contributed by atoms with Gasteiger partial charge in [-0.1, -0.05) is 17.7 Å². The number of carbonyl (C=O) groups is 2. The molecule has 1 aromatic rings. The van der Waals surface area contributed by atoms with Crippen LogP contribution in [0.5, 0.6) is 0 Å². The highest BCUT2D eigenvalue weighted by molar-refractivity contribution is 8.00. The van der Waals surface area contributed by atoms with Crippen molar-refractivity contribution in [3.05, 3.63) is 29.8 Å². The predicted octanol–water partition coefficient (Wildman–Crippen LogP) is 1.78. The van der Waals surface area contributed by atoms with Crippen LogP contribution in [0.15, 0.2) is 24.3 Å². The van der Waals surface area contributed by atoms with Gasteiger partial charge in [-0.25, -0.2) is 0 Å². The molecule has 0 atom stereocenters. The average molecular weight is 253 g/mol. The molecule has 1 aromatic carbocycles. The van der Waals surface area contributed by atoms with Gasteiger partial charge >= 0.3 is 5.97 Å². The molecule has 0 aromatic heterocycles. The van der Waals surface area contributed by atoms with Crippen molar-refractivity contribution in [2.45, 2.75) is 6.92 Å². The van der Waals surface area contributed by atoms with E-state index in [1.54, 1.807) is 7.05 Å². The standard InChI is InChI=1S/C12H15NO3S/c1-9-3-5-10(6-4-9)13(2)11(14)7-17-8-12(15)16/h3-6H,7-8H2,1-2H3,(H,15,16). The Labute approximate surface area is 105 Å². The minimum atomic E-state index is -0.902. The van der Waals surface area contributed by atoms with E-state index in [4.69, 9.17) is 5.11 Å². The number of rotatable bonds is 5. The fourth-order valence-corrected chi connectivity index (χ4v) is 1.88. The third-order valence-corrected chi connectivity index (χ3v) is 3.15. The number of carboxylic acids is 1.